The number of carbonyl (C=O) groups is 1. The third kappa shape index (κ3) is 6.42. The lowest BCUT2D eigenvalue weighted by atomic mass is 10.0. The molecule has 0 aromatic carbocycles. The first-order valence-electron chi connectivity index (χ1n) is 6.74. The molecule has 3 N–H and O–H groups in total. The van der Waals surface area contributed by atoms with Crippen LogP contribution in [0.5, 0.6) is 0 Å². The number of nitrogens with two attached hydrogens (primary N) is 1. The predicted molar refractivity (Wildman–Crippen MR) is 77.2 cm³/mol. The number of rotatable bonds is 8. The minimum atomic E-state index is -0.536. The van der Waals surface area contributed by atoms with Gasteiger partial charge in [-0.3, -0.25) is 4.79 Å². The molecule has 0 aliphatic carbocycles. The number of oxime groups is 1. The van der Waals surface area contributed by atoms with Crippen LogP contribution in [0, 0.1) is 11.8 Å². The molecule has 0 aromatic heterocycles. The summed E-state index contributed by atoms with van der Waals surface area (Å²) in [7, 11) is 3.94. The van der Waals surface area contributed by atoms with Gasteiger partial charge in [-0.1, -0.05) is 25.9 Å². The number of likely N-dealkylation sites (N-methyl/N-ethyl adjacent to an activating group) is 1. The van der Waals surface area contributed by atoms with E-state index in [2.05, 4.69) is 19.0 Å². The van der Waals surface area contributed by atoms with Gasteiger partial charge in [-0.15, -0.1) is 0 Å². The van der Waals surface area contributed by atoms with Crippen molar-refractivity contribution >= 4 is 11.7 Å². The Morgan fingerprint density at radius 1 is 1.32 bits per heavy atom. The van der Waals surface area contributed by atoms with Gasteiger partial charge in [-0.25, -0.2) is 0 Å². The zero-order valence-corrected chi connectivity index (χ0v) is 12.8. The molecule has 0 saturated carbocycles. The maximum absolute atomic E-state index is 12.5. The fraction of sp³-hybridized carbons (Fsp3) is 0.846. The van der Waals surface area contributed by atoms with E-state index < -0.39 is 5.92 Å². The van der Waals surface area contributed by atoms with Crippen molar-refractivity contribution in [1.82, 2.24) is 9.80 Å². The van der Waals surface area contributed by atoms with Crippen LogP contribution in [0.15, 0.2) is 5.16 Å². The van der Waals surface area contributed by atoms with Crippen LogP contribution in [0.1, 0.15) is 27.2 Å². The van der Waals surface area contributed by atoms with Gasteiger partial charge in [-0.2, -0.15) is 0 Å². The molecule has 0 bridgehead atoms. The Balaban J connectivity index is 4.85. The highest BCUT2D eigenvalue weighted by Gasteiger charge is 2.26. The van der Waals surface area contributed by atoms with Crippen molar-refractivity contribution in [2.24, 2.45) is 22.7 Å². The molecule has 112 valence electrons. The summed E-state index contributed by atoms with van der Waals surface area (Å²) < 4.78 is 0. The zero-order chi connectivity index (χ0) is 15.0. The maximum Gasteiger partial charge on any atom is 0.233 e. The van der Waals surface area contributed by atoms with E-state index in [9.17, 15) is 4.79 Å². The van der Waals surface area contributed by atoms with Crippen LogP contribution in [0.3, 0.4) is 0 Å². The fourth-order valence-corrected chi connectivity index (χ4v) is 1.85. The highest BCUT2D eigenvalue weighted by Crippen LogP contribution is 2.10. The molecule has 19 heavy (non-hydrogen) atoms. The van der Waals surface area contributed by atoms with Crippen molar-refractivity contribution in [2.45, 2.75) is 27.2 Å². The standard InChI is InChI=1S/C13H28N4O2/c1-6-11(12(14)15-19)13(18)17(9-10(2)3)8-7-16(4)5/h10-11,19H,6-9H2,1-5H3,(H2,14,15). The maximum atomic E-state index is 12.5. The van der Waals surface area contributed by atoms with Gasteiger partial charge in [0, 0.05) is 19.6 Å². The van der Waals surface area contributed by atoms with Gasteiger partial charge < -0.3 is 20.7 Å². The smallest absolute Gasteiger partial charge is 0.233 e. The molecule has 0 heterocycles. The van der Waals surface area contributed by atoms with E-state index in [0.29, 0.717) is 25.4 Å². The van der Waals surface area contributed by atoms with E-state index >= 15 is 0 Å². The third-order valence-electron chi connectivity index (χ3n) is 2.89. The third-order valence-corrected chi connectivity index (χ3v) is 2.89. The van der Waals surface area contributed by atoms with E-state index in [1.165, 1.54) is 0 Å². The van der Waals surface area contributed by atoms with E-state index in [4.69, 9.17) is 10.9 Å². The molecule has 1 unspecified atom stereocenters. The van der Waals surface area contributed by atoms with Gasteiger partial charge in [0.15, 0.2) is 5.84 Å². The topological polar surface area (TPSA) is 82.2 Å². The monoisotopic (exact) mass is 272 g/mol. The van der Waals surface area contributed by atoms with Crippen molar-refractivity contribution in [1.29, 1.82) is 0 Å². The predicted octanol–water partition coefficient (Wildman–Crippen LogP) is 0.805. The van der Waals surface area contributed by atoms with Crippen LogP contribution in [-0.4, -0.2) is 60.5 Å². The lowest BCUT2D eigenvalue weighted by Crippen LogP contribution is -2.45. The molecule has 6 heteroatoms. The van der Waals surface area contributed by atoms with Gasteiger partial charge in [0.25, 0.3) is 0 Å². The van der Waals surface area contributed by atoms with Crippen LogP contribution < -0.4 is 5.73 Å². The van der Waals surface area contributed by atoms with E-state index in [1.807, 2.05) is 25.9 Å². The second-order valence-electron chi connectivity index (χ2n) is 5.47. The molecular weight excluding hydrogens is 244 g/mol. The summed E-state index contributed by atoms with van der Waals surface area (Å²) in [5, 5.41) is 11.7. The second kappa shape index (κ2) is 8.74. The average molecular weight is 272 g/mol. The number of hydrogen-bond acceptors (Lipinski definition) is 4. The molecule has 0 aliphatic rings. The van der Waals surface area contributed by atoms with Gasteiger partial charge in [0.05, 0.1) is 5.92 Å². The molecule has 1 amide bonds. The van der Waals surface area contributed by atoms with Gasteiger partial charge in [0.1, 0.15) is 0 Å². The van der Waals surface area contributed by atoms with Crippen LogP contribution in [-0.2, 0) is 4.79 Å². The minimum Gasteiger partial charge on any atom is -0.409 e. The van der Waals surface area contributed by atoms with Crippen molar-refractivity contribution < 1.29 is 10.0 Å². The van der Waals surface area contributed by atoms with E-state index in [1.54, 1.807) is 4.90 Å². The largest absolute Gasteiger partial charge is 0.409 e. The molecule has 0 aliphatic heterocycles. The molecule has 1 atom stereocenters. The number of carbonyl (C=O) groups excluding carboxylic acids is 1. The molecule has 0 aromatic rings. The fourth-order valence-electron chi connectivity index (χ4n) is 1.85. The SMILES string of the molecule is CCC(C(=O)N(CCN(C)C)CC(C)C)C(N)=NO. The first kappa shape index (κ1) is 17.7. The zero-order valence-electron chi connectivity index (χ0n) is 12.8. The first-order chi connectivity index (χ1) is 8.83. The highest BCUT2D eigenvalue weighted by atomic mass is 16.4. The van der Waals surface area contributed by atoms with Gasteiger partial charge >= 0.3 is 0 Å². The van der Waals surface area contributed by atoms with E-state index in [0.717, 1.165) is 6.54 Å². The van der Waals surface area contributed by atoms with E-state index in [-0.39, 0.29) is 11.7 Å². The summed E-state index contributed by atoms with van der Waals surface area (Å²) in [5.74, 6) is -0.221. The molecule has 6 nitrogen and oxygen atoms in total. The molecule has 0 spiro atoms. The summed E-state index contributed by atoms with van der Waals surface area (Å²) in [6.45, 7) is 8.13. The Morgan fingerprint density at radius 2 is 1.89 bits per heavy atom. The summed E-state index contributed by atoms with van der Waals surface area (Å²) in [4.78, 5) is 16.3. The van der Waals surface area contributed by atoms with Crippen molar-refractivity contribution in [3.63, 3.8) is 0 Å². The lowest BCUT2D eigenvalue weighted by molar-refractivity contribution is -0.134. The molecule has 0 radical (unpaired) electrons. The Hall–Kier alpha value is -1.30. The van der Waals surface area contributed by atoms with Crippen molar-refractivity contribution in [2.75, 3.05) is 33.7 Å². The second-order valence-corrected chi connectivity index (χ2v) is 5.47. The molecule has 0 saturated heterocycles. The Bertz CT molecular complexity index is 303. The average Bonchev–Trinajstić information content (AvgIpc) is 2.34. The Morgan fingerprint density at radius 3 is 2.26 bits per heavy atom. The molecular formula is C13H28N4O2. The number of hydrogen-bond donors (Lipinski definition) is 2. The van der Waals surface area contributed by atoms with Crippen LogP contribution >= 0.6 is 0 Å². The molecule has 0 fully saturated rings. The Kier molecular flexibility index (Phi) is 8.14. The first-order valence-corrected chi connectivity index (χ1v) is 6.74. The Labute approximate surface area is 116 Å². The summed E-state index contributed by atoms with van der Waals surface area (Å²) in [5.41, 5.74) is 5.60. The van der Waals surface area contributed by atoms with Crippen LogP contribution in [0.4, 0.5) is 0 Å². The number of nitrogens with zero attached hydrogens (tertiary/aromatic N) is 3. The van der Waals surface area contributed by atoms with Crippen LogP contribution in [0.2, 0.25) is 0 Å². The quantitative estimate of drug-likeness (QED) is 0.296. The number of amides is 1. The number of amidine groups is 1. The summed E-state index contributed by atoms with van der Waals surface area (Å²) in [6, 6.07) is 0. The minimum absolute atomic E-state index is 0.00823. The van der Waals surface area contributed by atoms with Crippen LogP contribution in [0.25, 0.3) is 0 Å². The normalized spacial score (nSPS) is 13.9. The molecule has 0 rings (SSSR count). The highest BCUT2D eigenvalue weighted by molar-refractivity contribution is 6.02. The lowest BCUT2D eigenvalue weighted by Gasteiger charge is -2.29. The summed E-state index contributed by atoms with van der Waals surface area (Å²) >= 11 is 0. The summed E-state index contributed by atoms with van der Waals surface area (Å²) in [6.07, 6.45) is 0.533. The van der Waals surface area contributed by atoms with Crippen molar-refractivity contribution in [3.05, 3.63) is 0 Å². The van der Waals surface area contributed by atoms with Gasteiger partial charge in [-0.05, 0) is 26.4 Å². The van der Waals surface area contributed by atoms with Crippen molar-refractivity contribution in [3.8, 4) is 0 Å². The van der Waals surface area contributed by atoms with Gasteiger partial charge in [0.2, 0.25) is 5.91 Å².